The molecule has 0 saturated carbocycles. The summed E-state index contributed by atoms with van der Waals surface area (Å²) in [5.74, 6) is 0.293. The van der Waals surface area contributed by atoms with Crippen LogP contribution in [-0.2, 0) is 11.3 Å². The third-order valence-corrected chi connectivity index (χ3v) is 5.31. The predicted octanol–water partition coefficient (Wildman–Crippen LogP) is 4.07. The van der Waals surface area contributed by atoms with Crippen LogP contribution in [0.3, 0.4) is 0 Å². The smallest absolute Gasteiger partial charge is 0.224 e. The van der Waals surface area contributed by atoms with E-state index in [2.05, 4.69) is 76.9 Å². The molecule has 0 radical (unpaired) electrons. The van der Waals surface area contributed by atoms with Crippen molar-refractivity contribution in [2.75, 3.05) is 20.1 Å². The maximum Gasteiger partial charge on any atom is 0.224 e. The van der Waals surface area contributed by atoms with Gasteiger partial charge in [-0.25, -0.2) is 0 Å². The predicted molar refractivity (Wildman–Crippen MR) is 107 cm³/mol. The van der Waals surface area contributed by atoms with E-state index in [4.69, 9.17) is 0 Å². The third-order valence-electron chi connectivity index (χ3n) is 5.31. The van der Waals surface area contributed by atoms with Gasteiger partial charge in [0.1, 0.15) is 0 Å². The average molecular weight is 344 g/mol. The molecule has 1 atom stereocenters. The second-order valence-corrected chi connectivity index (χ2v) is 7.10. The van der Waals surface area contributed by atoms with Crippen molar-refractivity contribution in [3.8, 4) is 11.1 Å². The lowest BCUT2D eigenvalue weighted by atomic mass is 9.99. The first kappa shape index (κ1) is 16.8. The molecule has 1 N–H and O–H groups in total. The fourth-order valence-corrected chi connectivity index (χ4v) is 3.87. The number of likely N-dealkylation sites (tertiary alicyclic amines) is 1. The fraction of sp³-hybridized carbons (Fsp3) is 0.261. The van der Waals surface area contributed by atoms with E-state index in [1.165, 1.54) is 27.5 Å². The normalized spacial score (nSPS) is 17.5. The molecule has 3 aromatic rings. The minimum Gasteiger partial charge on any atom is -0.359 e. The van der Waals surface area contributed by atoms with Gasteiger partial charge in [0.25, 0.3) is 0 Å². The van der Waals surface area contributed by atoms with Crippen molar-refractivity contribution in [2.24, 2.45) is 5.92 Å². The van der Waals surface area contributed by atoms with Gasteiger partial charge in [-0.15, -0.1) is 0 Å². The van der Waals surface area contributed by atoms with Crippen LogP contribution in [0.25, 0.3) is 21.9 Å². The van der Waals surface area contributed by atoms with Crippen LogP contribution < -0.4 is 5.32 Å². The largest absolute Gasteiger partial charge is 0.359 e. The van der Waals surface area contributed by atoms with Crippen LogP contribution in [0.15, 0.2) is 66.7 Å². The van der Waals surface area contributed by atoms with Gasteiger partial charge in [0.15, 0.2) is 0 Å². The van der Waals surface area contributed by atoms with E-state index in [0.717, 1.165) is 26.1 Å². The summed E-state index contributed by atoms with van der Waals surface area (Å²) in [5, 5.41) is 5.31. The molecule has 0 unspecified atom stereocenters. The number of carbonyl (C=O) groups excluding carboxylic acids is 1. The lowest BCUT2D eigenvalue weighted by molar-refractivity contribution is -0.124. The highest BCUT2D eigenvalue weighted by Crippen LogP contribution is 2.26. The van der Waals surface area contributed by atoms with Crippen molar-refractivity contribution in [2.45, 2.75) is 13.0 Å². The minimum atomic E-state index is 0.128. The number of hydrogen-bond acceptors (Lipinski definition) is 2. The van der Waals surface area contributed by atoms with E-state index < -0.39 is 0 Å². The molecule has 1 amide bonds. The molecule has 132 valence electrons. The first-order valence-corrected chi connectivity index (χ1v) is 9.25. The molecule has 0 aliphatic carbocycles. The number of nitrogens with zero attached hydrogens (tertiary/aromatic N) is 1. The van der Waals surface area contributed by atoms with Crippen molar-refractivity contribution in [3.05, 3.63) is 72.3 Å². The van der Waals surface area contributed by atoms with Gasteiger partial charge in [-0.3, -0.25) is 9.69 Å². The fourth-order valence-electron chi connectivity index (χ4n) is 3.87. The lowest BCUT2D eigenvalue weighted by Gasteiger charge is -2.16. The molecular weight excluding hydrogens is 320 g/mol. The molecule has 1 saturated heterocycles. The van der Waals surface area contributed by atoms with E-state index in [9.17, 15) is 4.79 Å². The molecule has 1 aliphatic rings. The monoisotopic (exact) mass is 344 g/mol. The third kappa shape index (κ3) is 3.49. The second-order valence-electron chi connectivity index (χ2n) is 7.10. The van der Waals surface area contributed by atoms with Crippen molar-refractivity contribution in [3.63, 3.8) is 0 Å². The second kappa shape index (κ2) is 7.30. The molecule has 3 nitrogen and oxygen atoms in total. The summed E-state index contributed by atoms with van der Waals surface area (Å²) >= 11 is 0. The quantitative estimate of drug-likeness (QED) is 0.774. The van der Waals surface area contributed by atoms with Gasteiger partial charge in [-0.05, 0) is 52.6 Å². The van der Waals surface area contributed by atoms with Crippen LogP contribution >= 0.6 is 0 Å². The summed E-state index contributed by atoms with van der Waals surface area (Å²) < 4.78 is 0. The van der Waals surface area contributed by atoms with Gasteiger partial charge in [0.05, 0.1) is 5.92 Å². The number of amides is 1. The van der Waals surface area contributed by atoms with Crippen LogP contribution in [-0.4, -0.2) is 30.9 Å². The van der Waals surface area contributed by atoms with Crippen molar-refractivity contribution in [1.29, 1.82) is 0 Å². The Morgan fingerprint density at radius 3 is 2.65 bits per heavy atom. The molecule has 1 heterocycles. The molecule has 1 aliphatic heterocycles. The van der Waals surface area contributed by atoms with Crippen molar-refractivity contribution < 1.29 is 4.79 Å². The van der Waals surface area contributed by atoms with Crippen LogP contribution in [0.4, 0.5) is 0 Å². The van der Waals surface area contributed by atoms with Crippen molar-refractivity contribution in [1.82, 2.24) is 10.2 Å². The molecule has 1 fully saturated rings. The SMILES string of the molecule is CNC(=O)[C@H]1CCN(Cc2cccc(-c3ccc4ccccc4c3)c2)C1. The van der Waals surface area contributed by atoms with Gasteiger partial charge in [0.2, 0.25) is 5.91 Å². The number of hydrogen-bond donors (Lipinski definition) is 1. The molecule has 3 heteroatoms. The Morgan fingerprint density at radius 2 is 1.81 bits per heavy atom. The van der Waals surface area contributed by atoms with Gasteiger partial charge >= 0.3 is 0 Å². The van der Waals surface area contributed by atoms with E-state index >= 15 is 0 Å². The molecule has 4 rings (SSSR count). The van der Waals surface area contributed by atoms with E-state index in [1.807, 2.05) is 0 Å². The summed E-state index contributed by atoms with van der Waals surface area (Å²) in [7, 11) is 1.72. The Kier molecular flexibility index (Phi) is 4.72. The number of rotatable bonds is 4. The van der Waals surface area contributed by atoms with Gasteiger partial charge in [-0.2, -0.15) is 0 Å². The highest BCUT2D eigenvalue weighted by Gasteiger charge is 2.27. The van der Waals surface area contributed by atoms with E-state index in [1.54, 1.807) is 7.05 Å². The van der Waals surface area contributed by atoms with Crippen molar-refractivity contribution >= 4 is 16.7 Å². The molecule has 0 bridgehead atoms. The number of nitrogens with one attached hydrogen (secondary N) is 1. The van der Waals surface area contributed by atoms with E-state index in [-0.39, 0.29) is 11.8 Å². The Balaban J connectivity index is 1.52. The number of carbonyl (C=O) groups is 1. The summed E-state index contributed by atoms with van der Waals surface area (Å²) in [4.78, 5) is 14.2. The zero-order chi connectivity index (χ0) is 17.9. The summed E-state index contributed by atoms with van der Waals surface area (Å²) in [6.07, 6.45) is 0.948. The minimum absolute atomic E-state index is 0.128. The molecule has 26 heavy (non-hydrogen) atoms. The van der Waals surface area contributed by atoms with Crippen LogP contribution in [0.5, 0.6) is 0 Å². The Labute approximate surface area is 154 Å². The molecule has 0 spiro atoms. The number of benzene rings is 3. The molecule has 0 aromatic heterocycles. The van der Waals surface area contributed by atoms with Gasteiger partial charge < -0.3 is 5.32 Å². The lowest BCUT2D eigenvalue weighted by Crippen LogP contribution is -2.30. The standard InChI is InChI=1S/C23H24N2O/c1-24-23(26)22-11-12-25(16-22)15-17-5-4-8-19(13-17)21-10-9-18-6-2-3-7-20(18)14-21/h2-10,13-14,22H,11-12,15-16H2,1H3,(H,24,26)/t22-/m0/s1. The zero-order valence-corrected chi connectivity index (χ0v) is 15.1. The summed E-state index contributed by atoms with van der Waals surface area (Å²) in [6.45, 7) is 2.73. The Bertz CT molecular complexity index is 934. The highest BCUT2D eigenvalue weighted by atomic mass is 16.1. The van der Waals surface area contributed by atoms with E-state index in [0.29, 0.717) is 0 Å². The molecule has 3 aromatic carbocycles. The first-order chi connectivity index (χ1) is 12.7. The summed E-state index contributed by atoms with van der Waals surface area (Å²) in [6, 6.07) is 23.9. The molecular formula is C23H24N2O. The zero-order valence-electron chi connectivity index (χ0n) is 15.1. The number of fused-ring (bicyclic) bond motifs is 1. The van der Waals surface area contributed by atoms with Gasteiger partial charge in [-0.1, -0.05) is 54.6 Å². The van der Waals surface area contributed by atoms with Crippen LogP contribution in [0.2, 0.25) is 0 Å². The Hall–Kier alpha value is -2.65. The average Bonchev–Trinajstić information content (AvgIpc) is 3.15. The maximum atomic E-state index is 11.8. The van der Waals surface area contributed by atoms with Crippen LogP contribution in [0.1, 0.15) is 12.0 Å². The Morgan fingerprint density at radius 1 is 1.00 bits per heavy atom. The topological polar surface area (TPSA) is 32.3 Å². The van der Waals surface area contributed by atoms with Crippen LogP contribution in [0, 0.1) is 5.92 Å². The maximum absolute atomic E-state index is 11.8. The highest BCUT2D eigenvalue weighted by molar-refractivity contribution is 5.87. The van der Waals surface area contributed by atoms with Gasteiger partial charge in [0, 0.05) is 20.1 Å². The summed E-state index contributed by atoms with van der Waals surface area (Å²) in [5.41, 5.74) is 3.79. The first-order valence-electron chi connectivity index (χ1n) is 9.25.